The second-order valence-corrected chi connectivity index (χ2v) is 10.2. The number of hydrogen-bond donors (Lipinski definition) is 0. The van der Waals surface area contributed by atoms with Crippen molar-refractivity contribution in [1.29, 1.82) is 0 Å². The van der Waals surface area contributed by atoms with Gasteiger partial charge in [-0.3, -0.25) is 23.7 Å². The van der Waals surface area contributed by atoms with Crippen LogP contribution in [0.5, 0.6) is 0 Å². The summed E-state index contributed by atoms with van der Waals surface area (Å²) in [5, 5.41) is 0.836. The van der Waals surface area contributed by atoms with Crippen LogP contribution in [0.2, 0.25) is 0 Å². The van der Waals surface area contributed by atoms with Gasteiger partial charge in [-0.05, 0) is 31.4 Å². The molecule has 1 saturated heterocycles. The molecule has 170 valence electrons. The molecular weight excluding hydrogens is 412 g/mol. The zero-order valence-corrected chi connectivity index (χ0v) is 19.4. The highest BCUT2D eigenvalue weighted by molar-refractivity contribution is 7.18. The molecule has 0 N–H and O–H groups in total. The average molecular weight is 447 g/mol. The van der Waals surface area contributed by atoms with E-state index in [0.717, 1.165) is 94.8 Å². The Morgan fingerprint density at radius 1 is 1.00 bits per heavy atom. The van der Waals surface area contributed by atoms with E-state index in [1.807, 2.05) is 4.57 Å². The molecule has 8 heteroatoms. The lowest BCUT2D eigenvalue weighted by Gasteiger charge is -2.28. The van der Waals surface area contributed by atoms with Gasteiger partial charge in [0.1, 0.15) is 4.83 Å². The summed E-state index contributed by atoms with van der Waals surface area (Å²) in [5.74, 6) is 0. The van der Waals surface area contributed by atoms with Gasteiger partial charge in [0.25, 0.3) is 5.56 Å². The molecule has 0 spiro atoms. The van der Waals surface area contributed by atoms with Gasteiger partial charge in [-0.2, -0.15) is 0 Å². The Hall–Kier alpha value is -1.48. The first-order valence-electron chi connectivity index (χ1n) is 12.0. The zero-order valence-electron chi connectivity index (χ0n) is 18.6. The van der Waals surface area contributed by atoms with Crippen LogP contribution < -0.4 is 11.2 Å². The topological polar surface area (TPSA) is 59.7 Å². The number of likely N-dealkylation sites (N-methyl/N-ethyl adjacent to an activating group) is 1. The Labute approximate surface area is 187 Å². The van der Waals surface area contributed by atoms with E-state index in [1.165, 1.54) is 16.9 Å². The first-order chi connectivity index (χ1) is 15.2. The molecule has 7 nitrogen and oxygen atoms in total. The summed E-state index contributed by atoms with van der Waals surface area (Å²) in [4.78, 5) is 34.4. The third-order valence-corrected chi connectivity index (χ3v) is 8.60. The summed E-state index contributed by atoms with van der Waals surface area (Å²) < 4.78 is 9.05. The summed E-state index contributed by atoms with van der Waals surface area (Å²) >= 11 is 1.68. The molecule has 2 aromatic heterocycles. The molecule has 4 heterocycles. The standard InChI is InChI=1S/C23H34N4O3S/c1-2-24-9-8-18-19(16-24)31-22-20(18)21(28)27(17-6-4-3-5-7-17)23(29)26(22)11-10-25-12-14-30-15-13-25/h17H,2-16H2,1H3. The molecule has 1 aliphatic carbocycles. The van der Waals surface area contributed by atoms with E-state index in [1.54, 1.807) is 15.9 Å². The maximum Gasteiger partial charge on any atom is 0.332 e. The Morgan fingerprint density at radius 3 is 2.52 bits per heavy atom. The van der Waals surface area contributed by atoms with Crippen molar-refractivity contribution in [2.45, 2.75) is 64.6 Å². The largest absolute Gasteiger partial charge is 0.379 e. The number of fused-ring (bicyclic) bond motifs is 3. The summed E-state index contributed by atoms with van der Waals surface area (Å²) in [6, 6.07) is 0.0547. The van der Waals surface area contributed by atoms with Crippen molar-refractivity contribution in [3.8, 4) is 0 Å². The minimum Gasteiger partial charge on any atom is -0.379 e. The third-order valence-electron chi connectivity index (χ3n) is 7.36. The lowest BCUT2D eigenvalue weighted by atomic mass is 9.95. The van der Waals surface area contributed by atoms with Crippen LogP contribution in [0.15, 0.2) is 9.59 Å². The predicted molar refractivity (Wildman–Crippen MR) is 124 cm³/mol. The summed E-state index contributed by atoms with van der Waals surface area (Å²) in [7, 11) is 0. The zero-order chi connectivity index (χ0) is 21.4. The molecule has 0 unspecified atom stereocenters. The van der Waals surface area contributed by atoms with Gasteiger partial charge < -0.3 is 4.74 Å². The van der Waals surface area contributed by atoms with Gasteiger partial charge in [0.2, 0.25) is 0 Å². The highest BCUT2D eigenvalue weighted by Gasteiger charge is 2.28. The van der Waals surface area contributed by atoms with Gasteiger partial charge in [0.15, 0.2) is 0 Å². The Morgan fingerprint density at radius 2 is 1.77 bits per heavy atom. The maximum absolute atomic E-state index is 13.7. The Bertz CT molecular complexity index is 1040. The lowest BCUT2D eigenvalue weighted by molar-refractivity contribution is 0.0363. The van der Waals surface area contributed by atoms with Gasteiger partial charge in [-0.15, -0.1) is 11.3 Å². The van der Waals surface area contributed by atoms with E-state index in [4.69, 9.17) is 4.74 Å². The molecule has 0 amide bonds. The molecule has 1 saturated carbocycles. The van der Waals surface area contributed by atoms with Crippen molar-refractivity contribution in [2.24, 2.45) is 0 Å². The quantitative estimate of drug-likeness (QED) is 0.706. The van der Waals surface area contributed by atoms with Gasteiger partial charge in [-0.1, -0.05) is 26.2 Å². The molecule has 3 aliphatic rings. The average Bonchev–Trinajstić information content (AvgIpc) is 3.19. The van der Waals surface area contributed by atoms with Gasteiger partial charge in [0, 0.05) is 50.2 Å². The number of rotatable bonds is 5. The second kappa shape index (κ2) is 9.17. The van der Waals surface area contributed by atoms with Gasteiger partial charge in [0.05, 0.1) is 18.6 Å². The number of ether oxygens (including phenoxy) is 1. The van der Waals surface area contributed by atoms with Crippen LogP contribution in [0.25, 0.3) is 10.2 Å². The van der Waals surface area contributed by atoms with Crippen molar-refractivity contribution in [2.75, 3.05) is 45.9 Å². The van der Waals surface area contributed by atoms with E-state index >= 15 is 0 Å². The fourth-order valence-corrected chi connectivity index (χ4v) is 6.87. The van der Waals surface area contributed by atoms with E-state index < -0.39 is 0 Å². The third kappa shape index (κ3) is 4.03. The molecule has 2 aliphatic heterocycles. The van der Waals surface area contributed by atoms with E-state index in [2.05, 4.69) is 16.7 Å². The van der Waals surface area contributed by atoms with Crippen molar-refractivity contribution in [3.63, 3.8) is 0 Å². The van der Waals surface area contributed by atoms with Crippen molar-refractivity contribution in [1.82, 2.24) is 18.9 Å². The Balaban J connectivity index is 1.61. The summed E-state index contributed by atoms with van der Waals surface area (Å²) in [6.07, 6.45) is 6.22. The van der Waals surface area contributed by atoms with Crippen LogP contribution in [-0.2, 0) is 24.2 Å². The normalized spacial score (nSPS) is 21.6. The van der Waals surface area contributed by atoms with E-state index in [9.17, 15) is 9.59 Å². The van der Waals surface area contributed by atoms with Crippen LogP contribution in [-0.4, -0.2) is 64.9 Å². The molecule has 31 heavy (non-hydrogen) atoms. The summed E-state index contributed by atoms with van der Waals surface area (Å²) in [6.45, 7) is 9.88. The van der Waals surface area contributed by atoms with Gasteiger partial charge in [-0.25, -0.2) is 4.79 Å². The highest BCUT2D eigenvalue weighted by atomic mass is 32.1. The lowest BCUT2D eigenvalue weighted by Crippen LogP contribution is -2.45. The molecule has 0 atom stereocenters. The molecule has 2 fully saturated rings. The molecule has 2 aromatic rings. The molecule has 5 rings (SSSR count). The van der Waals surface area contributed by atoms with Crippen molar-refractivity contribution < 1.29 is 4.74 Å². The first kappa shape index (κ1) is 21.4. The molecule has 0 aromatic carbocycles. The fraction of sp³-hybridized carbons (Fsp3) is 0.739. The minimum atomic E-state index is -0.0939. The smallest absolute Gasteiger partial charge is 0.332 e. The number of morpholine rings is 1. The van der Waals surface area contributed by atoms with Crippen LogP contribution in [0.1, 0.15) is 55.5 Å². The van der Waals surface area contributed by atoms with Crippen LogP contribution >= 0.6 is 11.3 Å². The van der Waals surface area contributed by atoms with Gasteiger partial charge >= 0.3 is 5.69 Å². The van der Waals surface area contributed by atoms with Crippen LogP contribution in [0, 0.1) is 0 Å². The monoisotopic (exact) mass is 446 g/mol. The second-order valence-electron chi connectivity index (χ2n) is 9.16. The molecule has 0 bridgehead atoms. The van der Waals surface area contributed by atoms with Crippen LogP contribution in [0.3, 0.4) is 0 Å². The molecule has 0 radical (unpaired) electrons. The number of hydrogen-bond acceptors (Lipinski definition) is 6. The highest BCUT2D eigenvalue weighted by Crippen LogP contribution is 2.34. The number of nitrogens with zero attached hydrogens (tertiary/aromatic N) is 4. The SMILES string of the molecule is CCN1CCc2c(sc3c2c(=O)n(C2CCCCC2)c(=O)n3CCN2CCOCC2)C1. The van der Waals surface area contributed by atoms with Crippen molar-refractivity contribution >= 4 is 21.6 Å². The van der Waals surface area contributed by atoms with Crippen molar-refractivity contribution in [3.05, 3.63) is 31.3 Å². The number of thiophene rings is 1. The maximum atomic E-state index is 13.7. The molecular formula is C23H34N4O3S. The number of aromatic nitrogens is 2. The Kier molecular flexibility index (Phi) is 6.32. The fourth-order valence-electron chi connectivity index (χ4n) is 5.47. The summed E-state index contributed by atoms with van der Waals surface area (Å²) in [5.41, 5.74) is 1.08. The predicted octanol–water partition coefficient (Wildman–Crippen LogP) is 2.44. The van der Waals surface area contributed by atoms with E-state index in [0.29, 0.717) is 6.54 Å². The first-order valence-corrected chi connectivity index (χ1v) is 12.8. The minimum absolute atomic E-state index is 0.0306. The van der Waals surface area contributed by atoms with E-state index in [-0.39, 0.29) is 17.3 Å². The van der Waals surface area contributed by atoms with Crippen LogP contribution in [0.4, 0.5) is 0 Å².